The van der Waals surface area contributed by atoms with Gasteiger partial charge in [-0.3, -0.25) is 10.1 Å². The molecule has 0 spiro atoms. The average molecular weight is 335 g/mol. The van der Waals surface area contributed by atoms with Crippen molar-refractivity contribution < 1.29 is 18.1 Å². The van der Waals surface area contributed by atoms with E-state index in [4.69, 9.17) is 16.3 Å². The van der Waals surface area contributed by atoms with E-state index in [-0.39, 0.29) is 16.5 Å². The monoisotopic (exact) mass is 334 g/mol. The standard InChI is InChI=1S/C12H15ClN2O5S/c1-12(5-2-6-20-8-12)14-21(18,19)9-3-4-10(13)11(7-9)15(16)17/h3-4,7,14H,2,5-6,8H2,1H3. The predicted octanol–water partition coefficient (Wildman–Crippen LogP) is 2.10. The van der Waals surface area contributed by atoms with Crippen LogP contribution in [0.3, 0.4) is 0 Å². The van der Waals surface area contributed by atoms with Gasteiger partial charge in [-0.05, 0) is 31.9 Å². The molecule has 21 heavy (non-hydrogen) atoms. The zero-order valence-electron chi connectivity index (χ0n) is 11.3. The first-order valence-electron chi connectivity index (χ1n) is 6.29. The highest BCUT2D eigenvalue weighted by Gasteiger charge is 2.33. The van der Waals surface area contributed by atoms with Gasteiger partial charge in [-0.2, -0.15) is 0 Å². The van der Waals surface area contributed by atoms with Gasteiger partial charge in [-0.1, -0.05) is 11.6 Å². The van der Waals surface area contributed by atoms with Crippen LogP contribution in [0.2, 0.25) is 5.02 Å². The van der Waals surface area contributed by atoms with Crippen molar-refractivity contribution in [3.8, 4) is 0 Å². The molecule has 116 valence electrons. The summed E-state index contributed by atoms with van der Waals surface area (Å²) in [6, 6.07) is 3.40. The summed E-state index contributed by atoms with van der Waals surface area (Å²) in [4.78, 5) is 9.93. The Morgan fingerprint density at radius 2 is 2.19 bits per heavy atom. The lowest BCUT2D eigenvalue weighted by atomic mass is 9.97. The van der Waals surface area contributed by atoms with E-state index >= 15 is 0 Å². The van der Waals surface area contributed by atoms with Crippen molar-refractivity contribution in [2.75, 3.05) is 13.2 Å². The number of sulfonamides is 1. The van der Waals surface area contributed by atoms with E-state index in [1.807, 2.05) is 0 Å². The summed E-state index contributed by atoms with van der Waals surface area (Å²) in [5.74, 6) is 0. The van der Waals surface area contributed by atoms with Crippen molar-refractivity contribution in [2.45, 2.75) is 30.2 Å². The highest BCUT2D eigenvalue weighted by atomic mass is 35.5. The lowest BCUT2D eigenvalue weighted by Crippen LogP contribution is -2.51. The number of rotatable bonds is 4. The van der Waals surface area contributed by atoms with Crippen molar-refractivity contribution in [1.82, 2.24) is 4.72 Å². The highest BCUT2D eigenvalue weighted by Crippen LogP contribution is 2.28. The van der Waals surface area contributed by atoms with Crippen LogP contribution in [-0.4, -0.2) is 32.1 Å². The summed E-state index contributed by atoms with van der Waals surface area (Å²) < 4.78 is 32.6. The fourth-order valence-corrected chi connectivity index (χ4v) is 3.83. The predicted molar refractivity (Wildman–Crippen MR) is 76.9 cm³/mol. The zero-order valence-corrected chi connectivity index (χ0v) is 12.9. The lowest BCUT2D eigenvalue weighted by molar-refractivity contribution is -0.384. The molecular formula is C12H15ClN2O5S. The third kappa shape index (κ3) is 3.70. The Morgan fingerprint density at radius 3 is 2.76 bits per heavy atom. The van der Waals surface area contributed by atoms with Gasteiger partial charge in [0.1, 0.15) is 5.02 Å². The second kappa shape index (κ2) is 5.88. The van der Waals surface area contributed by atoms with Crippen molar-refractivity contribution in [3.63, 3.8) is 0 Å². The topological polar surface area (TPSA) is 98.5 Å². The number of nitrogens with zero attached hydrogens (tertiary/aromatic N) is 1. The minimum Gasteiger partial charge on any atom is -0.380 e. The van der Waals surface area contributed by atoms with Crippen molar-refractivity contribution in [3.05, 3.63) is 33.3 Å². The summed E-state index contributed by atoms with van der Waals surface area (Å²) in [6.07, 6.45) is 1.39. The lowest BCUT2D eigenvalue weighted by Gasteiger charge is -2.33. The van der Waals surface area contributed by atoms with E-state index in [0.717, 1.165) is 12.5 Å². The summed E-state index contributed by atoms with van der Waals surface area (Å²) in [7, 11) is -3.88. The van der Waals surface area contributed by atoms with Gasteiger partial charge in [-0.15, -0.1) is 0 Å². The van der Waals surface area contributed by atoms with Gasteiger partial charge in [0, 0.05) is 12.7 Å². The molecule has 1 heterocycles. The molecule has 1 atom stereocenters. The summed E-state index contributed by atoms with van der Waals surface area (Å²) >= 11 is 5.68. The average Bonchev–Trinajstić information content (AvgIpc) is 2.38. The molecule has 1 aromatic rings. The van der Waals surface area contributed by atoms with Crippen LogP contribution in [0.1, 0.15) is 19.8 Å². The van der Waals surface area contributed by atoms with Crippen LogP contribution in [0, 0.1) is 10.1 Å². The summed E-state index contributed by atoms with van der Waals surface area (Å²) in [5, 5.41) is 10.7. The van der Waals surface area contributed by atoms with E-state index in [2.05, 4.69) is 4.72 Å². The Hall–Kier alpha value is -1.22. The van der Waals surface area contributed by atoms with Crippen molar-refractivity contribution in [2.24, 2.45) is 0 Å². The van der Waals surface area contributed by atoms with Gasteiger partial charge in [0.25, 0.3) is 5.69 Å². The molecule has 7 nitrogen and oxygen atoms in total. The van der Waals surface area contributed by atoms with Crippen LogP contribution in [0.15, 0.2) is 23.1 Å². The summed E-state index contributed by atoms with van der Waals surface area (Å²) in [6.45, 7) is 2.61. The van der Waals surface area contributed by atoms with E-state index in [9.17, 15) is 18.5 Å². The van der Waals surface area contributed by atoms with E-state index < -0.39 is 26.2 Å². The van der Waals surface area contributed by atoms with Gasteiger partial charge < -0.3 is 4.74 Å². The molecule has 1 aromatic carbocycles. The Balaban J connectivity index is 2.31. The van der Waals surface area contributed by atoms with Crippen LogP contribution in [-0.2, 0) is 14.8 Å². The van der Waals surface area contributed by atoms with Gasteiger partial charge >= 0.3 is 0 Å². The molecule has 0 amide bonds. The van der Waals surface area contributed by atoms with Crippen LogP contribution < -0.4 is 4.72 Å². The second-order valence-electron chi connectivity index (χ2n) is 5.19. The van der Waals surface area contributed by atoms with Crippen LogP contribution in [0.25, 0.3) is 0 Å². The molecule has 0 radical (unpaired) electrons. The first-order valence-corrected chi connectivity index (χ1v) is 8.15. The number of nitrogens with one attached hydrogen (secondary N) is 1. The fourth-order valence-electron chi connectivity index (χ4n) is 2.20. The Kier molecular flexibility index (Phi) is 4.52. The van der Waals surface area contributed by atoms with Gasteiger partial charge in [0.05, 0.1) is 22.0 Å². The fraction of sp³-hybridized carbons (Fsp3) is 0.500. The van der Waals surface area contributed by atoms with Gasteiger partial charge in [0.15, 0.2) is 0 Å². The highest BCUT2D eigenvalue weighted by molar-refractivity contribution is 7.89. The molecular weight excluding hydrogens is 320 g/mol. The van der Waals surface area contributed by atoms with Crippen molar-refractivity contribution in [1.29, 1.82) is 0 Å². The number of nitro benzene ring substituents is 1. The molecule has 1 unspecified atom stereocenters. The molecule has 1 N–H and O–H groups in total. The number of nitro groups is 1. The first-order chi connectivity index (χ1) is 9.73. The van der Waals surface area contributed by atoms with E-state index in [1.165, 1.54) is 12.1 Å². The molecule has 1 fully saturated rings. The van der Waals surface area contributed by atoms with E-state index in [0.29, 0.717) is 13.0 Å². The minimum absolute atomic E-state index is 0.105. The zero-order chi connectivity index (χ0) is 15.7. The minimum atomic E-state index is -3.88. The first kappa shape index (κ1) is 16.2. The quantitative estimate of drug-likeness (QED) is 0.671. The third-order valence-corrected chi connectivity index (χ3v) is 5.20. The Morgan fingerprint density at radius 1 is 1.48 bits per heavy atom. The van der Waals surface area contributed by atoms with Crippen LogP contribution >= 0.6 is 11.6 Å². The summed E-state index contributed by atoms with van der Waals surface area (Å²) in [5.41, 5.74) is -1.16. The SMILES string of the molecule is CC1(NS(=O)(=O)c2ccc(Cl)c([N+](=O)[O-])c2)CCCOC1. The molecule has 0 saturated carbocycles. The number of hydrogen-bond acceptors (Lipinski definition) is 5. The van der Waals surface area contributed by atoms with Crippen LogP contribution in [0.5, 0.6) is 0 Å². The molecule has 0 aliphatic carbocycles. The van der Waals surface area contributed by atoms with Gasteiger partial charge in [0.2, 0.25) is 10.0 Å². The van der Waals surface area contributed by atoms with Crippen LogP contribution in [0.4, 0.5) is 5.69 Å². The van der Waals surface area contributed by atoms with Crippen molar-refractivity contribution >= 4 is 27.3 Å². The normalized spacial score (nSPS) is 23.0. The van der Waals surface area contributed by atoms with E-state index in [1.54, 1.807) is 6.92 Å². The molecule has 2 rings (SSSR count). The molecule has 1 saturated heterocycles. The molecule has 1 aliphatic rings. The number of ether oxygens (including phenoxy) is 1. The number of benzene rings is 1. The molecule has 9 heteroatoms. The maximum absolute atomic E-state index is 12.4. The van der Waals surface area contributed by atoms with Gasteiger partial charge in [-0.25, -0.2) is 13.1 Å². The smallest absolute Gasteiger partial charge is 0.289 e. The largest absolute Gasteiger partial charge is 0.380 e. The third-order valence-electron chi connectivity index (χ3n) is 3.24. The Labute approximate surface area is 127 Å². The number of halogens is 1. The molecule has 0 aromatic heterocycles. The maximum atomic E-state index is 12.4. The molecule has 1 aliphatic heterocycles. The maximum Gasteiger partial charge on any atom is 0.289 e. The Bertz CT molecular complexity index is 656. The molecule has 0 bridgehead atoms. The second-order valence-corrected chi connectivity index (χ2v) is 7.28. The number of hydrogen-bond donors (Lipinski definition) is 1.